The van der Waals surface area contributed by atoms with Gasteiger partial charge in [0.1, 0.15) is 0 Å². The SMILES string of the molecule is Cc1ccc(N2C[C@@H](O)CC2=O)cn1. The second kappa shape index (κ2) is 3.38. The zero-order valence-corrected chi connectivity index (χ0v) is 7.97. The van der Waals surface area contributed by atoms with Gasteiger partial charge in [0.05, 0.1) is 31.0 Å². The predicted molar refractivity (Wildman–Crippen MR) is 52.0 cm³/mol. The fraction of sp³-hybridized carbons (Fsp3) is 0.400. The Balaban J connectivity index is 2.23. The molecule has 1 aromatic heterocycles. The van der Waals surface area contributed by atoms with Gasteiger partial charge in [0.15, 0.2) is 0 Å². The molecule has 0 aliphatic carbocycles. The molecular weight excluding hydrogens is 180 g/mol. The van der Waals surface area contributed by atoms with Crippen LogP contribution in [0.2, 0.25) is 0 Å². The van der Waals surface area contributed by atoms with Gasteiger partial charge in [-0.3, -0.25) is 9.78 Å². The average Bonchev–Trinajstić information content (AvgIpc) is 2.47. The number of pyridine rings is 1. The van der Waals surface area contributed by atoms with E-state index in [4.69, 9.17) is 0 Å². The topological polar surface area (TPSA) is 53.4 Å². The maximum absolute atomic E-state index is 11.4. The van der Waals surface area contributed by atoms with Crippen LogP contribution in [0.1, 0.15) is 12.1 Å². The van der Waals surface area contributed by atoms with E-state index in [1.807, 2.05) is 19.1 Å². The molecule has 1 N–H and O–H groups in total. The minimum absolute atomic E-state index is 0.0387. The number of hydrogen-bond donors (Lipinski definition) is 1. The number of aliphatic hydroxyl groups is 1. The van der Waals surface area contributed by atoms with Gasteiger partial charge in [-0.05, 0) is 19.1 Å². The number of anilines is 1. The minimum Gasteiger partial charge on any atom is -0.391 e. The standard InChI is InChI=1S/C10H12N2O2/c1-7-2-3-8(5-11-7)12-6-9(13)4-10(12)14/h2-3,5,9,13H,4,6H2,1H3/t9-/m0/s1. The van der Waals surface area contributed by atoms with E-state index in [9.17, 15) is 9.90 Å². The van der Waals surface area contributed by atoms with E-state index >= 15 is 0 Å². The zero-order valence-electron chi connectivity index (χ0n) is 7.97. The van der Waals surface area contributed by atoms with E-state index in [1.165, 1.54) is 0 Å². The lowest BCUT2D eigenvalue weighted by Gasteiger charge is -2.14. The van der Waals surface area contributed by atoms with Crippen LogP contribution in [-0.2, 0) is 4.79 Å². The van der Waals surface area contributed by atoms with Gasteiger partial charge in [-0.2, -0.15) is 0 Å². The number of nitrogens with zero attached hydrogens (tertiary/aromatic N) is 2. The number of aliphatic hydroxyl groups excluding tert-OH is 1. The van der Waals surface area contributed by atoms with Crippen molar-refractivity contribution in [2.75, 3.05) is 11.4 Å². The van der Waals surface area contributed by atoms with Crippen molar-refractivity contribution in [1.29, 1.82) is 0 Å². The largest absolute Gasteiger partial charge is 0.391 e. The summed E-state index contributed by atoms with van der Waals surface area (Å²) in [5, 5.41) is 9.30. The Kier molecular flexibility index (Phi) is 2.21. The molecule has 4 nitrogen and oxygen atoms in total. The number of rotatable bonds is 1. The molecule has 0 saturated carbocycles. The lowest BCUT2D eigenvalue weighted by Crippen LogP contribution is -2.25. The van der Waals surface area contributed by atoms with Crippen LogP contribution in [0.3, 0.4) is 0 Å². The highest BCUT2D eigenvalue weighted by molar-refractivity contribution is 5.95. The Morgan fingerprint density at radius 2 is 2.36 bits per heavy atom. The smallest absolute Gasteiger partial charge is 0.229 e. The molecule has 0 spiro atoms. The van der Waals surface area contributed by atoms with Crippen LogP contribution in [0.4, 0.5) is 5.69 Å². The van der Waals surface area contributed by atoms with E-state index in [0.717, 1.165) is 11.4 Å². The summed E-state index contributed by atoms with van der Waals surface area (Å²) in [4.78, 5) is 17.1. The van der Waals surface area contributed by atoms with E-state index in [-0.39, 0.29) is 12.3 Å². The molecule has 4 heteroatoms. The van der Waals surface area contributed by atoms with Crippen molar-refractivity contribution in [2.45, 2.75) is 19.4 Å². The van der Waals surface area contributed by atoms with Gasteiger partial charge < -0.3 is 10.0 Å². The molecule has 0 unspecified atom stereocenters. The molecule has 0 bridgehead atoms. The van der Waals surface area contributed by atoms with Crippen molar-refractivity contribution in [2.24, 2.45) is 0 Å². The molecule has 2 rings (SSSR count). The molecule has 2 heterocycles. The first-order valence-electron chi connectivity index (χ1n) is 4.58. The number of β-amino-alcohol motifs (C(OH)–C–C–N with tert-alkyl or cyclic N) is 1. The number of carbonyl (C=O) groups excluding carboxylic acids is 1. The van der Waals surface area contributed by atoms with Crippen LogP contribution < -0.4 is 4.90 Å². The number of amides is 1. The molecule has 0 aromatic carbocycles. The third-order valence-corrected chi connectivity index (χ3v) is 2.31. The summed E-state index contributed by atoms with van der Waals surface area (Å²) in [6, 6.07) is 3.70. The van der Waals surface area contributed by atoms with Crippen LogP contribution in [0.25, 0.3) is 0 Å². The van der Waals surface area contributed by atoms with Gasteiger partial charge in [-0.25, -0.2) is 0 Å². The Labute approximate surface area is 82.2 Å². The highest BCUT2D eigenvalue weighted by atomic mass is 16.3. The summed E-state index contributed by atoms with van der Waals surface area (Å²) in [7, 11) is 0. The first-order valence-corrected chi connectivity index (χ1v) is 4.58. The number of aryl methyl sites for hydroxylation is 1. The van der Waals surface area contributed by atoms with Gasteiger partial charge in [-0.1, -0.05) is 0 Å². The van der Waals surface area contributed by atoms with Gasteiger partial charge in [0.25, 0.3) is 0 Å². The highest BCUT2D eigenvalue weighted by Gasteiger charge is 2.28. The van der Waals surface area contributed by atoms with Gasteiger partial charge >= 0.3 is 0 Å². The molecule has 1 aliphatic rings. The summed E-state index contributed by atoms with van der Waals surface area (Å²) >= 11 is 0. The van der Waals surface area contributed by atoms with Crippen molar-refractivity contribution in [3.8, 4) is 0 Å². The van der Waals surface area contributed by atoms with E-state index < -0.39 is 6.10 Å². The molecule has 1 amide bonds. The van der Waals surface area contributed by atoms with E-state index in [1.54, 1.807) is 11.1 Å². The van der Waals surface area contributed by atoms with Crippen LogP contribution >= 0.6 is 0 Å². The van der Waals surface area contributed by atoms with Crippen LogP contribution in [-0.4, -0.2) is 28.6 Å². The van der Waals surface area contributed by atoms with Gasteiger partial charge in [0, 0.05) is 5.69 Å². The fourth-order valence-corrected chi connectivity index (χ4v) is 1.56. The summed E-state index contributed by atoms with van der Waals surface area (Å²) in [6.45, 7) is 2.27. The maximum Gasteiger partial charge on any atom is 0.229 e. The number of hydrogen-bond acceptors (Lipinski definition) is 3. The van der Waals surface area contributed by atoms with Crippen LogP contribution in [0.5, 0.6) is 0 Å². The Morgan fingerprint density at radius 3 is 2.86 bits per heavy atom. The van der Waals surface area contributed by atoms with Crippen molar-refractivity contribution in [3.63, 3.8) is 0 Å². The van der Waals surface area contributed by atoms with E-state index in [0.29, 0.717) is 6.54 Å². The third-order valence-electron chi connectivity index (χ3n) is 2.31. The molecule has 1 aromatic rings. The van der Waals surface area contributed by atoms with E-state index in [2.05, 4.69) is 4.98 Å². The lowest BCUT2D eigenvalue weighted by atomic mass is 10.3. The Hall–Kier alpha value is -1.42. The second-order valence-electron chi connectivity index (χ2n) is 3.52. The van der Waals surface area contributed by atoms with Crippen molar-refractivity contribution in [1.82, 2.24) is 4.98 Å². The lowest BCUT2D eigenvalue weighted by molar-refractivity contribution is -0.117. The molecule has 1 atom stereocenters. The Bertz CT molecular complexity index is 348. The average molecular weight is 192 g/mol. The number of carbonyl (C=O) groups is 1. The molecule has 74 valence electrons. The summed E-state index contributed by atoms with van der Waals surface area (Å²) in [6.07, 6.45) is 1.34. The van der Waals surface area contributed by atoms with Gasteiger partial charge in [0.2, 0.25) is 5.91 Å². The molecule has 1 aliphatic heterocycles. The maximum atomic E-state index is 11.4. The Morgan fingerprint density at radius 1 is 1.57 bits per heavy atom. The van der Waals surface area contributed by atoms with Crippen molar-refractivity contribution in [3.05, 3.63) is 24.0 Å². The first-order chi connectivity index (χ1) is 6.66. The van der Waals surface area contributed by atoms with Gasteiger partial charge in [-0.15, -0.1) is 0 Å². The molecule has 1 saturated heterocycles. The minimum atomic E-state index is -0.538. The molecule has 1 fully saturated rings. The normalized spacial score (nSPS) is 21.7. The summed E-state index contributed by atoms with van der Waals surface area (Å²) in [5.74, 6) is -0.0387. The summed E-state index contributed by atoms with van der Waals surface area (Å²) < 4.78 is 0. The highest BCUT2D eigenvalue weighted by Crippen LogP contribution is 2.20. The molecule has 14 heavy (non-hydrogen) atoms. The predicted octanol–water partition coefficient (Wildman–Crippen LogP) is 0.488. The van der Waals surface area contributed by atoms with Crippen molar-refractivity contribution >= 4 is 11.6 Å². The first kappa shape index (κ1) is 9.15. The molecular formula is C10H12N2O2. The third kappa shape index (κ3) is 1.61. The monoisotopic (exact) mass is 192 g/mol. The van der Waals surface area contributed by atoms with Crippen LogP contribution in [0, 0.1) is 6.92 Å². The fourth-order valence-electron chi connectivity index (χ4n) is 1.56. The van der Waals surface area contributed by atoms with Crippen molar-refractivity contribution < 1.29 is 9.90 Å². The second-order valence-corrected chi connectivity index (χ2v) is 3.52. The van der Waals surface area contributed by atoms with Crippen LogP contribution in [0.15, 0.2) is 18.3 Å². The zero-order chi connectivity index (χ0) is 10.1. The summed E-state index contributed by atoms with van der Waals surface area (Å²) in [5.41, 5.74) is 1.68. The molecule has 0 radical (unpaired) electrons. The quantitative estimate of drug-likeness (QED) is 0.704. The number of aromatic nitrogens is 1.